The van der Waals surface area contributed by atoms with Gasteiger partial charge in [-0.15, -0.1) is 0 Å². The first-order valence-electron chi connectivity index (χ1n) is 11.5. The maximum Gasteiger partial charge on any atom is 0.0887 e. The molecule has 0 aliphatic carbocycles. The standard InChI is InChI=1S/C26H36N2S/c1-3-5-7-8-10-12-22-13-17-24(18-14-22)26-21-27-28(29-26)25-19-15-23(16-20-25)11-9-6-4-2/h13-21,26H,3-12H2,1-2H3. The van der Waals surface area contributed by atoms with Crippen LogP contribution >= 0.6 is 11.9 Å². The van der Waals surface area contributed by atoms with Gasteiger partial charge in [-0.25, -0.2) is 4.41 Å². The second kappa shape index (κ2) is 12.1. The van der Waals surface area contributed by atoms with Crippen molar-refractivity contribution < 1.29 is 0 Å². The average molecular weight is 409 g/mol. The third-order valence-corrected chi connectivity index (χ3v) is 6.75. The van der Waals surface area contributed by atoms with E-state index in [0.29, 0.717) is 5.25 Å². The van der Waals surface area contributed by atoms with Crippen LogP contribution in [-0.4, -0.2) is 6.21 Å². The van der Waals surface area contributed by atoms with Gasteiger partial charge in [0.15, 0.2) is 0 Å². The van der Waals surface area contributed by atoms with E-state index in [4.69, 9.17) is 0 Å². The minimum atomic E-state index is 0.304. The van der Waals surface area contributed by atoms with E-state index in [1.54, 1.807) is 11.9 Å². The number of hydrogen-bond donors (Lipinski definition) is 0. The normalized spacial score (nSPS) is 15.9. The molecule has 29 heavy (non-hydrogen) atoms. The zero-order valence-corrected chi connectivity index (χ0v) is 19.0. The highest BCUT2D eigenvalue weighted by molar-refractivity contribution is 8.01. The zero-order valence-electron chi connectivity index (χ0n) is 18.1. The SMILES string of the molecule is CCCCCCCc1ccc(C2C=NN(c3ccc(CCCCC)cc3)S2)cc1. The summed E-state index contributed by atoms with van der Waals surface area (Å²) in [6, 6.07) is 18.1. The van der Waals surface area contributed by atoms with Gasteiger partial charge in [-0.3, -0.25) is 0 Å². The molecule has 2 aromatic carbocycles. The summed E-state index contributed by atoms with van der Waals surface area (Å²) in [4.78, 5) is 0. The van der Waals surface area contributed by atoms with Crippen molar-refractivity contribution in [1.82, 2.24) is 0 Å². The van der Waals surface area contributed by atoms with Gasteiger partial charge in [0.05, 0.1) is 10.9 Å². The Morgan fingerprint density at radius 1 is 0.724 bits per heavy atom. The highest BCUT2D eigenvalue weighted by Gasteiger charge is 2.21. The number of hydrogen-bond acceptors (Lipinski definition) is 3. The van der Waals surface area contributed by atoms with Gasteiger partial charge in [0.1, 0.15) is 0 Å². The molecule has 0 spiro atoms. The van der Waals surface area contributed by atoms with Crippen LogP contribution in [0.25, 0.3) is 0 Å². The van der Waals surface area contributed by atoms with Crippen LogP contribution in [0.4, 0.5) is 5.69 Å². The van der Waals surface area contributed by atoms with E-state index in [1.807, 2.05) is 0 Å². The van der Waals surface area contributed by atoms with Gasteiger partial charge in [-0.2, -0.15) is 5.10 Å². The summed E-state index contributed by atoms with van der Waals surface area (Å²) in [5, 5.41) is 4.94. The molecule has 3 heteroatoms. The molecule has 1 atom stereocenters. The van der Waals surface area contributed by atoms with E-state index in [2.05, 4.69) is 78.1 Å². The molecule has 0 amide bonds. The molecule has 1 aliphatic rings. The molecule has 0 aromatic heterocycles. The van der Waals surface area contributed by atoms with E-state index >= 15 is 0 Å². The van der Waals surface area contributed by atoms with Gasteiger partial charge in [-0.1, -0.05) is 88.8 Å². The summed E-state index contributed by atoms with van der Waals surface area (Å²) in [5.41, 5.74) is 5.39. The quantitative estimate of drug-likeness (QED) is 0.260. The summed E-state index contributed by atoms with van der Waals surface area (Å²) in [7, 11) is 0. The van der Waals surface area contributed by atoms with Crippen molar-refractivity contribution >= 4 is 23.8 Å². The number of hydrazone groups is 1. The number of unbranched alkanes of at least 4 members (excludes halogenated alkanes) is 6. The van der Waals surface area contributed by atoms with Gasteiger partial charge in [0.2, 0.25) is 0 Å². The molecule has 3 rings (SSSR count). The van der Waals surface area contributed by atoms with Crippen molar-refractivity contribution in [2.75, 3.05) is 4.41 Å². The van der Waals surface area contributed by atoms with Crippen LogP contribution in [0.15, 0.2) is 53.6 Å². The number of anilines is 1. The molecular weight excluding hydrogens is 372 g/mol. The van der Waals surface area contributed by atoms with Gasteiger partial charge in [-0.05, 0) is 66.5 Å². The van der Waals surface area contributed by atoms with E-state index in [1.165, 1.54) is 80.9 Å². The van der Waals surface area contributed by atoms with Crippen LogP contribution in [0.1, 0.15) is 87.2 Å². The summed E-state index contributed by atoms with van der Waals surface area (Å²) in [6.45, 7) is 4.53. The average Bonchev–Trinajstić information content (AvgIpc) is 3.25. The molecule has 0 fully saturated rings. The lowest BCUT2D eigenvalue weighted by Gasteiger charge is -2.15. The first kappa shape index (κ1) is 22.0. The molecule has 1 aliphatic heterocycles. The number of rotatable bonds is 12. The molecule has 0 radical (unpaired) electrons. The lowest BCUT2D eigenvalue weighted by atomic mass is 10.0. The van der Waals surface area contributed by atoms with Crippen LogP contribution in [0.2, 0.25) is 0 Å². The van der Waals surface area contributed by atoms with Crippen molar-refractivity contribution in [1.29, 1.82) is 0 Å². The lowest BCUT2D eigenvalue weighted by Crippen LogP contribution is -2.02. The van der Waals surface area contributed by atoms with Crippen LogP contribution in [0, 0.1) is 0 Å². The summed E-state index contributed by atoms with van der Waals surface area (Å²) in [5.74, 6) is 0. The smallest absolute Gasteiger partial charge is 0.0887 e. The number of benzene rings is 2. The van der Waals surface area contributed by atoms with E-state index in [0.717, 1.165) is 5.69 Å². The lowest BCUT2D eigenvalue weighted by molar-refractivity contribution is 0.632. The Balaban J connectivity index is 1.47. The highest BCUT2D eigenvalue weighted by atomic mass is 32.2. The Kier molecular flexibility index (Phi) is 9.14. The van der Waals surface area contributed by atoms with Gasteiger partial charge < -0.3 is 0 Å². The molecule has 1 heterocycles. The van der Waals surface area contributed by atoms with Crippen molar-refractivity contribution in [3.05, 3.63) is 65.2 Å². The number of nitrogens with zero attached hydrogens (tertiary/aromatic N) is 2. The molecule has 0 N–H and O–H groups in total. The minimum absolute atomic E-state index is 0.304. The molecule has 0 saturated carbocycles. The Morgan fingerprint density at radius 3 is 1.93 bits per heavy atom. The predicted molar refractivity (Wildman–Crippen MR) is 130 cm³/mol. The van der Waals surface area contributed by atoms with Gasteiger partial charge in [0.25, 0.3) is 0 Å². The van der Waals surface area contributed by atoms with Gasteiger partial charge in [0, 0.05) is 6.21 Å². The Morgan fingerprint density at radius 2 is 1.28 bits per heavy atom. The monoisotopic (exact) mass is 408 g/mol. The molecule has 156 valence electrons. The Bertz CT molecular complexity index is 736. The zero-order chi connectivity index (χ0) is 20.3. The van der Waals surface area contributed by atoms with Gasteiger partial charge >= 0.3 is 0 Å². The summed E-state index contributed by atoms with van der Waals surface area (Å²) >= 11 is 1.79. The first-order chi connectivity index (χ1) is 14.3. The van der Waals surface area contributed by atoms with Crippen molar-refractivity contribution in [3.63, 3.8) is 0 Å². The number of aryl methyl sites for hydroxylation is 2. The molecule has 1 unspecified atom stereocenters. The fourth-order valence-corrected chi connectivity index (χ4v) is 4.69. The van der Waals surface area contributed by atoms with Crippen LogP contribution in [0.5, 0.6) is 0 Å². The second-order valence-electron chi connectivity index (χ2n) is 8.09. The van der Waals surface area contributed by atoms with Crippen molar-refractivity contribution in [2.45, 2.75) is 83.3 Å². The summed E-state index contributed by atoms with van der Waals surface area (Å²) in [6.07, 6.45) is 15.0. The highest BCUT2D eigenvalue weighted by Crippen LogP contribution is 2.38. The maximum atomic E-state index is 4.64. The minimum Gasteiger partial charge on any atom is -0.206 e. The van der Waals surface area contributed by atoms with Crippen LogP contribution in [0.3, 0.4) is 0 Å². The third kappa shape index (κ3) is 6.92. The fraction of sp³-hybridized carbons (Fsp3) is 0.500. The first-order valence-corrected chi connectivity index (χ1v) is 12.3. The second-order valence-corrected chi connectivity index (χ2v) is 9.16. The third-order valence-electron chi connectivity index (χ3n) is 5.62. The molecule has 2 aromatic rings. The molecule has 0 saturated heterocycles. The Labute approximate surface area is 181 Å². The molecular formula is C26H36N2S. The van der Waals surface area contributed by atoms with Crippen LogP contribution in [-0.2, 0) is 12.8 Å². The van der Waals surface area contributed by atoms with E-state index < -0.39 is 0 Å². The van der Waals surface area contributed by atoms with E-state index in [-0.39, 0.29) is 0 Å². The van der Waals surface area contributed by atoms with Crippen molar-refractivity contribution in [3.8, 4) is 0 Å². The Hall–Kier alpha value is -1.74. The molecule has 2 nitrogen and oxygen atoms in total. The summed E-state index contributed by atoms with van der Waals surface area (Å²) < 4.78 is 2.06. The van der Waals surface area contributed by atoms with E-state index in [9.17, 15) is 0 Å². The largest absolute Gasteiger partial charge is 0.206 e. The topological polar surface area (TPSA) is 15.6 Å². The van der Waals surface area contributed by atoms with Crippen LogP contribution < -0.4 is 4.41 Å². The maximum absolute atomic E-state index is 4.64. The molecule has 0 bridgehead atoms. The fourth-order valence-electron chi connectivity index (χ4n) is 3.73. The predicted octanol–water partition coefficient (Wildman–Crippen LogP) is 8.13. The van der Waals surface area contributed by atoms with Crippen molar-refractivity contribution in [2.24, 2.45) is 5.10 Å².